The summed E-state index contributed by atoms with van der Waals surface area (Å²) in [5, 5.41) is 1.54. The second kappa shape index (κ2) is 5.13. The number of fused-ring (bicyclic) bond motifs is 1. The Bertz CT molecular complexity index is 701. The molecular formula is C16H18ClNO2. The third-order valence-electron chi connectivity index (χ3n) is 3.72. The van der Waals surface area contributed by atoms with Gasteiger partial charge in [0.25, 0.3) is 5.56 Å². The number of aromatic amines is 1. The van der Waals surface area contributed by atoms with Crippen molar-refractivity contribution in [2.24, 2.45) is 5.92 Å². The summed E-state index contributed by atoms with van der Waals surface area (Å²) < 4.78 is 5.73. The Balaban J connectivity index is 2.01. The van der Waals surface area contributed by atoms with Crippen LogP contribution in [0.2, 0.25) is 5.02 Å². The predicted molar refractivity (Wildman–Crippen MR) is 81.9 cm³/mol. The lowest BCUT2D eigenvalue weighted by molar-refractivity contribution is 0.300. The van der Waals surface area contributed by atoms with E-state index in [4.69, 9.17) is 16.3 Å². The zero-order valence-electron chi connectivity index (χ0n) is 11.7. The zero-order valence-corrected chi connectivity index (χ0v) is 12.5. The molecule has 1 aromatic carbocycles. The van der Waals surface area contributed by atoms with Gasteiger partial charge in [0, 0.05) is 17.0 Å². The summed E-state index contributed by atoms with van der Waals surface area (Å²) in [6.45, 7) is 4.72. The highest BCUT2D eigenvalue weighted by Crippen LogP contribution is 2.33. The molecule has 1 heterocycles. The van der Waals surface area contributed by atoms with Crippen LogP contribution in [0.25, 0.3) is 10.9 Å². The average Bonchev–Trinajstić information content (AvgIpc) is 3.20. The average molecular weight is 292 g/mol. The highest BCUT2D eigenvalue weighted by atomic mass is 35.5. The van der Waals surface area contributed by atoms with E-state index in [0.29, 0.717) is 23.3 Å². The molecular weight excluding hydrogens is 274 g/mol. The highest BCUT2D eigenvalue weighted by Gasteiger charge is 2.22. The van der Waals surface area contributed by atoms with Gasteiger partial charge < -0.3 is 9.72 Å². The van der Waals surface area contributed by atoms with Gasteiger partial charge in [0.1, 0.15) is 5.75 Å². The van der Waals surface area contributed by atoms with E-state index in [2.05, 4.69) is 4.98 Å². The number of nitrogens with one attached hydrogen (secondary N) is 1. The molecule has 0 unspecified atom stereocenters. The topological polar surface area (TPSA) is 42.1 Å². The number of rotatable bonds is 4. The van der Waals surface area contributed by atoms with Gasteiger partial charge in [0.2, 0.25) is 0 Å². The summed E-state index contributed by atoms with van der Waals surface area (Å²) in [4.78, 5) is 14.9. The Morgan fingerprint density at radius 2 is 2.10 bits per heavy atom. The van der Waals surface area contributed by atoms with Crippen molar-refractivity contribution < 1.29 is 4.74 Å². The molecule has 1 N–H and O–H groups in total. The van der Waals surface area contributed by atoms with E-state index < -0.39 is 0 Å². The zero-order chi connectivity index (χ0) is 14.3. The Morgan fingerprint density at radius 1 is 1.35 bits per heavy atom. The van der Waals surface area contributed by atoms with Crippen LogP contribution >= 0.6 is 11.6 Å². The first-order valence-corrected chi connectivity index (χ1v) is 7.41. The molecule has 1 aromatic heterocycles. The predicted octanol–water partition coefficient (Wildman–Crippen LogP) is 4.09. The van der Waals surface area contributed by atoms with E-state index in [1.165, 1.54) is 12.8 Å². The number of benzene rings is 1. The van der Waals surface area contributed by atoms with Crippen LogP contribution in [0.5, 0.6) is 5.75 Å². The largest absolute Gasteiger partial charge is 0.492 e. The number of pyridine rings is 1. The second-order valence-electron chi connectivity index (χ2n) is 5.83. The maximum absolute atomic E-state index is 12.0. The smallest absolute Gasteiger partial charge is 0.251 e. The van der Waals surface area contributed by atoms with Crippen LogP contribution in [-0.2, 0) is 0 Å². The van der Waals surface area contributed by atoms with Crippen LogP contribution in [0, 0.1) is 5.92 Å². The lowest BCUT2D eigenvalue weighted by Crippen LogP contribution is -2.13. The minimum atomic E-state index is -0.0389. The highest BCUT2D eigenvalue weighted by molar-refractivity contribution is 6.32. The quantitative estimate of drug-likeness (QED) is 0.922. The standard InChI is InChI=1S/C16H18ClNO2/c1-9(2)12-5-11-6-13(17)15(20-8-10-3-4-10)7-14(11)18-16(12)19/h5-7,9-10H,3-4,8H2,1-2H3,(H,18,19). The number of hydrogen-bond acceptors (Lipinski definition) is 2. The van der Waals surface area contributed by atoms with Crippen LogP contribution < -0.4 is 10.3 Å². The van der Waals surface area contributed by atoms with Gasteiger partial charge in [-0.25, -0.2) is 0 Å². The molecule has 0 aliphatic heterocycles. The molecule has 2 aromatic rings. The van der Waals surface area contributed by atoms with E-state index in [9.17, 15) is 4.79 Å². The lowest BCUT2D eigenvalue weighted by atomic mass is 10.0. The third kappa shape index (κ3) is 2.68. The van der Waals surface area contributed by atoms with Gasteiger partial charge in [0.05, 0.1) is 17.1 Å². The summed E-state index contributed by atoms with van der Waals surface area (Å²) in [6.07, 6.45) is 2.47. The minimum absolute atomic E-state index is 0.0389. The maximum atomic E-state index is 12.0. The molecule has 0 amide bonds. The molecule has 0 spiro atoms. The van der Waals surface area contributed by atoms with Crippen LogP contribution in [0.1, 0.15) is 38.2 Å². The first-order chi connectivity index (χ1) is 9.54. The molecule has 1 saturated carbocycles. The monoisotopic (exact) mass is 291 g/mol. The molecule has 0 radical (unpaired) electrons. The van der Waals surface area contributed by atoms with Crippen molar-refractivity contribution in [2.45, 2.75) is 32.6 Å². The molecule has 4 heteroatoms. The van der Waals surface area contributed by atoms with E-state index in [1.807, 2.05) is 32.0 Å². The maximum Gasteiger partial charge on any atom is 0.251 e. The molecule has 1 aliphatic rings. The van der Waals surface area contributed by atoms with Crippen molar-refractivity contribution in [2.75, 3.05) is 6.61 Å². The first-order valence-electron chi connectivity index (χ1n) is 7.04. The molecule has 0 atom stereocenters. The van der Waals surface area contributed by atoms with E-state index in [1.54, 1.807) is 0 Å². The van der Waals surface area contributed by atoms with Gasteiger partial charge in [-0.1, -0.05) is 25.4 Å². The van der Waals surface area contributed by atoms with Gasteiger partial charge in [-0.05, 0) is 36.8 Å². The fourth-order valence-electron chi connectivity index (χ4n) is 2.26. The Labute approximate surface area is 122 Å². The van der Waals surface area contributed by atoms with Crippen LogP contribution in [0.15, 0.2) is 23.0 Å². The fraction of sp³-hybridized carbons (Fsp3) is 0.438. The Kier molecular flexibility index (Phi) is 3.47. The summed E-state index contributed by atoms with van der Waals surface area (Å²) >= 11 is 6.26. The van der Waals surface area contributed by atoms with Gasteiger partial charge in [0.15, 0.2) is 0 Å². The van der Waals surface area contributed by atoms with Gasteiger partial charge in [-0.15, -0.1) is 0 Å². The van der Waals surface area contributed by atoms with Gasteiger partial charge in [-0.3, -0.25) is 4.79 Å². The van der Waals surface area contributed by atoms with E-state index in [-0.39, 0.29) is 11.5 Å². The molecule has 1 aliphatic carbocycles. The van der Waals surface area contributed by atoms with Crippen LogP contribution in [-0.4, -0.2) is 11.6 Å². The number of halogens is 1. The summed E-state index contributed by atoms with van der Waals surface area (Å²) in [6, 6.07) is 5.60. The summed E-state index contributed by atoms with van der Waals surface area (Å²) in [5.74, 6) is 1.51. The van der Waals surface area contributed by atoms with Crippen molar-refractivity contribution >= 4 is 22.5 Å². The van der Waals surface area contributed by atoms with Crippen LogP contribution in [0.4, 0.5) is 0 Å². The Hall–Kier alpha value is -1.48. The molecule has 3 rings (SSSR count). The molecule has 3 nitrogen and oxygen atoms in total. The van der Waals surface area contributed by atoms with E-state index in [0.717, 1.165) is 16.5 Å². The summed E-state index contributed by atoms with van der Waals surface area (Å²) in [7, 11) is 0. The number of H-pyrrole nitrogens is 1. The van der Waals surface area contributed by atoms with Crippen molar-refractivity contribution in [3.63, 3.8) is 0 Å². The molecule has 20 heavy (non-hydrogen) atoms. The SMILES string of the molecule is CC(C)c1cc2cc(Cl)c(OCC3CC3)cc2[nH]c1=O. The van der Waals surface area contributed by atoms with E-state index >= 15 is 0 Å². The normalized spacial score (nSPS) is 15.0. The van der Waals surface area contributed by atoms with Crippen LogP contribution in [0.3, 0.4) is 0 Å². The first kappa shape index (κ1) is 13.5. The molecule has 0 bridgehead atoms. The molecule has 106 valence electrons. The molecule has 0 saturated heterocycles. The number of hydrogen-bond donors (Lipinski definition) is 1. The minimum Gasteiger partial charge on any atom is -0.492 e. The van der Waals surface area contributed by atoms with Crippen molar-refractivity contribution in [3.05, 3.63) is 39.1 Å². The van der Waals surface area contributed by atoms with Crippen molar-refractivity contribution in [1.29, 1.82) is 0 Å². The fourth-order valence-corrected chi connectivity index (χ4v) is 2.48. The second-order valence-corrected chi connectivity index (χ2v) is 6.24. The lowest BCUT2D eigenvalue weighted by Gasteiger charge is -2.10. The van der Waals surface area contributed by atoms with Crippen molar-refractivity contribution in [1.82, 2.24) is 4.98 Å². The summed E-state index contributed by atoms with van der Waals surface area (Å²) in [5.41, 5.74) is 1.51. The van der Waals surface area contributed by atoms with Crippen molar-refractivity contribution in [3.8, 4) is 5.75 Å². The van der Waals surface area contributed by atoms with Gasteiger partial charge in [-0.2, -0.15) is 0 Å². The molecule has 1 fully saturated rings. The Morgan fingerprint density at radius 3 is 2.75 bits per heavy atom. The van der Waals surface area contributed by atoms with Gasteiger partial charge >= 0.3 is 0 Å². The number of aromatic nitrogens is 1. The number of ether oxygens (including phenoxy) is 1. The third-order valence-corrected chi connectivity index (χ3v) is 4.01.